The summed E-state index contributed by atoms with van der Waals surface area (Å²) in [5.41, 5.74) is -1.19. The summed E-state index contributed by atoms with van der Waals surface area (Å²) < 4.78 is 5.13. The van der Waals surface area contributed by atoms with Gasteiger partial charge in [-0.25, -0.2) is 14.5 Å². The molecule has 2 rings (SSSR count). The van der Waals surface area contributed by atoms with Gasteiger partial charge in [-0.15, -0.1) is 0 Å². The molecule has 0 aliphatic rings. The first-order valence-corrected chi connectivity index (χ1v) is 5.98. The summed E-state index contributed by atoms with van der Waals surface area (Å²) in [5.74, 6) is -0.774. The van der Waals surface area contributed by atoms with E-state index >= 15 is 0 Å². The average Bonchev–Trinajstić information content (AvgIpc) is 2.95. The molecule has 0 saturated carbocycles. The van der Waals surface area contributed by atoms with Gasteiger partial charge in [-0.05, 0) is 0 Å². The zero-order valence-electron chi connectivity index (χ0n) is 9.97. The first-order valence-electron chi connectivity index (χ1n) is 5.21. The highest BCUT2D eigenvalue weighted by molar-refractivity contribution is 7.08. The van der Waals surface area contributed by atoms with Crippen LogP contribution in [0, 0.1) is 10.1 Å². The van der Waals surface area contributed by atoms with Gasteiger partial charge in [-0.3, -0.25) is 10.1 Å². The fraction of sp³-hybridized carbons (Fsp3) is 0.333. The Morgan fingerprint density at radius 1 is 1.58 bits per heavy atom. The van der Waals surface area contributed by atoms with E-state index in [0.29, 0.717) is 11.0 Å². The molecule has 0 spiro atoms. The highest BCUT2D eigenvalue weighted by atomic mass is 32.1. The molecule has 0 aromatic carbocycles. The van der Waals surface area contributed by atoms with E-state index in [2.05, 4.69) is 14.5 Å². The zero-order valence-corrected chi connectivity index (χ0v) is 10.8. The third kappa shape index (κ3) is 2.42. The van der Waals surface area contributed by atoms with Crippen molar-refractivity contribution in [3.05, 3.63) is 27.8 Å². The van der Waals surface area contributed by atoms with E-state index in [4.69, 9.17) is 5.11 Å². The number of carboxylic acids is 1. The van der Waals surface area contributed by atoms with Crippen molar-refractivity contribution in [2.24, 2.45) is 0 Å². The Morgan fingerprint density at radius 3 is 2.68 bits per heavy atom. The van der Waals surface area contributed by atoms with Crippen molar-refractivity contribution in [3.8, 4) is 5.13 Å². The molecule has 2 aromatic rings. The van der Waals surface area contributed by atoms with Gasteiger partial charge in [0.05, 0.1) is 4.92 Å². The van der Waals surface area contributed by atoms with Gasteiger partial charge in [-0.2, -0.15) is 9.47 Å². The molecular weight excluding hydrogens is 274 g/mol. The Morgan fingerprint density at radius 2 is 2.26 bits per heavy atom. The Balaban J connectivity index is 2.47. The van der Waals surface area contributed by atoms with Crippen molar-refractivity contribution in [3.63, 3.8) is 0 Å². The molecule has 1 N–H and O–H groups in total. The Hall–Kier alpha value is -2.36. The maximum Gasteiger partial charge on any atom is 0.363 e. The van der Waals surface area contributed by atoms with Crippen LogP contribution in [-0.2, 0) is 0 Å². The van der Waals surface area contributed by atoms with E-state index in [1.807, 2.05) is 13.8 Å². The summed E-state index contributed by atoms with van der Waals surface area (Å²) in [7, 11) is 0. The lowest BCUT2D eigenvalue weighted by Crippen LogP contribution is -2.03. The second-order valence-electron chi connectivity index (χ2n) is 3.96. The number of aromatic nitrogens is 4. The summed E-state index contributed by atoms with van der Waals surface area (Å²) in [6.07, 6.45) is 1.02. The van der Waals surface area contributed by atoms with Crippen LogP contribution in [0.25, 0.3) is 5.13 Å². The van der Waals surface area contributed by atoms with Gasteiger partial charge in [0.1, 0.15) is 12.0 Å². The van der Waals surface area contributed by atoms with Crippen LogP contribution in [-0.4, -0.2) is 35.1 Å². The summed E-state index contributed by atoms with van der Waals surface area (Å²) in [6.45, 7) is 3.81. The van der Waals surface area contributed by atoms with Crippen LogP contribution in [0.1, 0.15) is 36.1 Å². The molecule has 0 atom stereocenters. The van der Waals surface area contributed by atoms with E-state index in [-0.39, 0.29) is 5.92 Å². The van der Waals surface area contributed by atoms with Crippen molar-refractivity contribution >= 4 is 23.2 Å². The molecule has 0 unspecified atom stereocenters. The lowest BCUT2D eigenvalue weighted by molar-refractivity contribution is -0.385. The minimum Gasteiger partial charge on any atom is -0.476 e. The predicted molar refractivity (Wildman–Crippen MR) is 64.7 cm³/mol. The van der Waals surface area contributed by atoms with Gasteiger partial charge in [0, 0.05) is 17.5 Å². The normalized spacial score (nSPS) is 10.9. The van der Waals surface area contributed by atoms with Gasteiger partial charge >= 0.3 is 11.7 Å². The number of carbonyl (C=O) groups is 1. The lowest BCUT2D eigenvalue weighted by atomic mass is 10.2. The van der Waals surface area contributed by atoms with E-state index in [1.54, 1.807) is 0 Å². The van der Waals surface area contributed by atoms with E-state index < -0.39 is 22.3 Å². The summed E-state index contributed by atoms with van der Waals surface area (Å²) >= 11 is 1.00. The predicted octanol–water partition coefficient (Wildman–Crippen LogP) is 1.45. The molecule has 0 aliphatic heterocycles. The number of rotatable bonds is 4. The molecule has 0 bridgehead atoms. The van der Waals surface area contributed by atoms with Gasteiger partial charge < -0.3 is 5.11 Å². The lowest BCUT2D eigenvalue weighted by Gasteiger charge is -1.94. The fourth-order valence-corrected chi connectivity index (χ4v) is 2.04. The molecular formula is C9H9N5O4S. The molecule has 9 nitrogen and oxygen atoms in total. The van der Waals surface area contributed by atoms with Crippen molar-refractivity contribution in [2.75, 3.05) is 0 Å². The average molecular weight is 283 g/mol. The van der Waals surface area contributed by atoms with E-state index in [9.17, 15) is 14.9 Å². The highest BCUT2D eigenvalue weighted by Crippen LogP contribution is 2.22. The summed E-state index contributed by atoms with van der Waals surface area (Å²) in [4.78, 5) is 25.0. The molecule has 2 heterocycles. The standard InChI is InChI=1S/C9H9N5O4S/c1-4(2)7-10-9(19-12-7)13-3-5(14(17)18)6(11-13)8(15)16/h3-4H,1-2H3,(H,15,16). The molecule has 100 valence electrons. The topological polar surface area (TPSA) is 124 Å². The smallest absolute Gasteiger partial charge is 0.363 e. The number of hydrogen-bond donors (Lipinski definition) is 1. The van der Waals surface area contributed by atoms with Crippen LogP contribution in [0.3, 0.4) is 0 Å². The van der Waals surface area contributed by atoms with Crippen molar-refractivity contribution < 1.29 is 14.8 Å². The third-order valence-corrected chi connectivity index (χ3v) is 2.96. The maximum atomic E-state index is 10.9. The van der Waals surface area contributed by atoms with E-state index in [0.717, 1.165) is 22.4 Å². The quantitative estimate of drug-likeness (QED) is 0.665. The number of nitrogens with zero attached hydrogens (tertiary/aromatic N) is 5. The third-order valence-electron chi connectivity index (χ3n) is 2.24. The molecule has 0 fully saturated rings. The molecule has 0 amide bonds. The molecule has 10 heteroatoms. The second-order valence-corrected chi connectivity index (χ2v) is 4.69. The van der Waals surface area contributed by atoms with Crippen LogP contribution >= 0.6 is 11.5 Å². The van der Waals surface area contributed by atoms with Gasteiger partial charge in [-0.1, -0.05) is 13.8 Å². The van der Waals surface area contributed by atoms with Crippen molar-refractivity contribution in [2.45, 2.75) is 19.8 Å². The van der Waals surface area contributed by atoms with Crippen LogP contribution in [0.4, 0.5) is 5.69 Å². The maximum absolute atomic E-state index is 10.9. The van der Waals surface area contributed by atoms with Gasteiger partial charge in [0.15, 0.2) is 0 Å². The van der Waals surface area contributed by atoms with Crippen LogP contribution in [0.15, 0.2) is 6.20 Å². The minimum atomic E-state index is -1.46. The number of hydrogen-bond acceptors (Lipinski definition) is 7. The summed E-state index contributed by atoms with van der Waals surface area (Å²) in [5, 5.41) is 23.5. The van der Waals surface area contributed by atoms with Gasteiger partial charge in [0.25, 0.3) is 0 Å². The SMILES string of the molecule is CC(C)c1nsc(-n2cc([N+](=O)[O-])c(C(=O)O)n2)n1. The summed E-state index contributed by atoms with van der Waals surface area (Å²) in [6, 6.07) is 0. The Bertz CT molecular complexity index is 615. The number of nitro groups is 1. The molecule has 2 aromatic heterocycles. The molecule has 0 saturated heterocycles. The Kier molecular flexibility index (Phi) is 3.25. The Labute approximate surface area is 110 Å². The number of carboxylic acid groups (broad SMARTS) is 1. The van der Waals surface area contributed by atoms with Crippen LogP contribution < -0.4 is 0 Å². The monoisotopic (exact) mass is 283 g/mol. The molecule has 0 aliphatic carbocycles. The fourth-order valence-electron chi connectivity index (χ4n) is 1.30. The minimum absolute atomic E-state index is 0.106. The van der Waals surface area contributed by atoms with Crippen molar-refractivity contribution in [1.82, 2.24) is 19.1 Å². The largest absolute Gasteiger partial charge is 0.476 e. The van der Waals surface area contributed by atoms with E-state index in [1.165, 1.54) is 0 Å². The van der Waals surface area contributed by atoms with Crippen LogP contribution in [0.5, 0.6) is 0 Å². The van der Waals surface area contributed by atoms with Crippen molar-refractivity contribution in [1.29, 1.82) is 0 Å². The van der Waals surface area contributed by atoms with Crippen LogP contribution in [0.2, 0.25) is 0 Å². The molecule has 0 radical (unpaired) electrons. The number of aromatic carboxylic acids is 1. The molecule has 19 heavy (non-hydrogen) atoms. The first-order chi connectivity index (χ1) is 8.90. The second kappa shape index (κ2) is 4.72. The zero-order chi connectivity index (χ0) is 14.2. The first kappa shape index (κ1) is 13.1. The van der Waals surface area contributed by atoms with Gasteiger partial charge in [0.2, 0.25) is 10.8 Å². The highest BCUT2D eigenvalue weighted by Gasteiger charge is 2.26.